The molecular formula is C10H15N3O4S. The molecule has 2 N–H and O–H groups in total. The number of hydrogen-bond donors (Lipinski definition) is 2. The van der Waals surface area contributed by atoms with E-state index in [1.165, 1.54) is 6.07 Å². The van der Waals surface area contributed by atoms with Crippen molar-refractivity contribution in [1.29, 1.82) is 0 Å². The van der Waals surface area contributed by atoms with Gasteiger partial charge in [0.1, 0.15) is 5.69 Å². The predicted molar refractivity (Wildman–Crippen MR) is 69.2 cm³/mol. The highest BCUT2D eigenvalue weighted by atomic mass is 32.2. The third kappa shape index (κ3) is 4.68. The zero-order chi connectivity index (χ0) is 13.8. The monoisotopic (exact) mass is 273 g/mol. The van der Waals surface area contributed by atoms with E-state index in [4.69, 9.17) is 0 Å². The topological polar surface area (TPSA) is 101 Å². The highest BCUT2D eigenvalue weighted by Crippen LogP contribution is 2.24. The summed E-state index contributed by atoms with van der Waals surface area (Å²) in [7, 11) is -3.24. The summed E-state index contributed by atoms with van der Waals surface area (Å²) in [5, 5.41) is 13.6. The first-order valence-corrected chi connectivity index (χ1v) is 7.12. The molecule has 0 saturated carbocycles. The summed E-state index contributed by atoms with van der Waals surface area (Å²) in [6.07, 6.45) is 1.06. The van der Waals surface area contributed by atoms with Gasteiger partial charge in [0.25, 0.3) is 5.69 Å². The molecule has 0 aliphatic carbocycles. The zero-order valence-corrected chi connectivity index (χ0v) is 11.0. The van der Waals surface area contributed by atoms with Crippen LogP contribution in [0.4, 0.5) is 11.4 Å². The van der Waals surface area contributed by atoms with E-state index in [9.17, 15) is 18.5 Å². The fourth-order valence-corrected chi connectivity index (χ4v) is 1.86. The Bertz CT molecular complexity index is 542. The number of nitro groups is 1. The number of nitrogens with zero attached hydrogens (tertiary/aromatic N) is 1. The van der Waals surface area contributed by atoms with Crippen molar-refractivity contribution in [3.63, 3.8) is 0 Å². The molecule has 0 fully saturated rings. The Hall–Kier alpha value is -1.67. The Morgan fingerprint density at radius 3 is 2.56 bits per heavy atom. The van der Waals surface area contributed by atoms with Crippen LogP contribution >= 0.6 is 0 Å². The van der Waals surface area contributed by atoms with Crippen molar-refractivity contribution in [2.24, 2.45) is 0 Å². The summed E-state index contributed by atoms with van der Waals surface area (Å²) in [4.78, 5) is 10.3. The van der Waals surface area contributed by atoms with Crippen LogP contribution in [0.5, 0.6) is 0 Å². The average molecular weight is 273 g/mol. The number of nitrogens with one attached hydrogen (secondary N) is 2. The lowest BCUT2D eigenvalue weighted by molar-refractivity contribution is -0.384. The molecule has 0 aliphatic rings. The van der Waals surface area contributed by atoms with Gasteiger partial charge in [-0.1, -0.05) is 6.07 Å². The molecule has 18 heavy (non-hydrogen) atoms. The van der Waals surface area contributed by atoms with Crippen LogP contribution in [0.15, 0.2) is 18.2 Å². The van der Waals surface area contributed by atoms with Crippen LogP contribution in [0.25, 0.3) is 0 Å². The largest absolute Gasteiger partial charge is 0.378 e. The molecule has 7 nitrogen and oxygen atoms in total. The standard InChI is InChI=1S/C10H15N3O4S/c1-8-3-4-10(13(14)15)9(7-8)11-5-6-12-18(2,16)17/h3-4,7,11-12H,5-6H2,1-2H3. The van der Waals surface area contributed by atoms with E-state index >= 15 is 0 Å². The summed E-state index contributed by atoms with van der Waals surface area (Å²) in [5.74, 6) is 0. The molecule has 1 aromatic rings. The second kappa shape index (κ2) is 5.78. The molecule has 0 spiro atoms. The Balaban J connectivity index is 2.66. The highest BCUT2D eigenvalue weighted by molar-refractivity contribution is 7.88. The molecular weight excluding hydrogens is 258 g/mol. The van der Waals surface area contributed by atoms with Crippen LogP contribution in [0.3, 0.4) is 0 Å². The number of hydrogen-bond acceptors (Lipinski definition) is 5. The predicted octanol–water partition coefficient (Wildman–Crippen LogP) is 0.864. The number of rotatable bonds is 6. The van der Waals surface area contributed by atoms with Gasteiger partial charge in [0.2, 0.25) is 10.0 Å². The minimum Gasteiger partial charge on any atom is -0.378 e. The Morgan fingerprint density at radius 1 is 1.33 bits per heavy atom. The van der Waals surface area contributed by atoms with E-state index in [2.05, 4.69) is 10.0 Å². The first kappa shape index (κ1) is 14.4. The smallest absolute Gasteiger partial charge is 0.292 e. The summed E-state index contributed by atoms with van der Waals surface area (Å²) in [6.45, 7) is 2.27. The van der Waals surface area contributed by atoms with Crippen LogP contribution in [-0.2, 0) is 10.0 Å². The van der Waals surface area contributed by atoms with Crippen LogP contribution in [0.1, 0.15) is 5.56 Å². The van der Waals surface area contributed by atoms with E-state index in [1.807, 2.05) is 6.92 Å². The third-order valence-corrected chi connectivity index (χ3v) is 2.88. The fourth-order valence-electron chi connectivity index (χ4n) is 1.38. The Morgan fingerprint density at radius 2 is 2.00 bits per heavy atom. The Labute approximate surface area is 105 Å². The number of nitro benzene ring substituents is 1. The van der Waals surface area contributed by atoms with Gasteiger partial charge in [-0.2, -0.15) is 0 Å². The average Bonchev–Trinajstić information content (AvgIpc) is 2.22. The number of anilines is 1. The first-order valence-electron chi connectivity index (χ1n) is 5.23. The molecule has 0 unspecified atom stereocenters. The number of sulfonamides is 1. The number of aryl methyl sites for hydroxylation is 1. The van der Waals surface area contributed by atoms with Crippen molar-refractivity contribution < 1.29 is 13.3 Å². The van der Waals surface area contributed by atoms with Crippen LogP contribution < -0.4 is 10.0 Å². The maximum absolute atomic E-state index is 10.8. The van der Waals surface area contributed by atoms with Crippen LogP contribution in [0, 0.1) is 17.0 Å². The highest BCUT2D eigenvalue weighted by Gasteiger charge is 2.12. The molecule has 0 atom stereocenters. The summed E-state index contributed by atoms with van der Waals surface area (Å²) < 4.78 is 23.9. The quantitative estimate of drug-likeness (QED) is 0.455. The van der Waals surface area contributed by atoms with Crippen molar-refractivity contribution >= 4 is 21.4 Å². The van der Waals surface area contributed by atoms with Crippen molar-refractivity contribution in [2.45, 2.75) is 6.92 Å². The molecule has 0 aromatic heterocycles. The van der Waals surface area contributed by atoms with E-state index < -0.39 is 14.9 Å². The van der Waals surface area contributed by atoms with Crippen molar-refractivity contribution in [3.05, 3.63) is 33.9 Å². The fraction of sp³-hybridized carbons (Fsp3) is 0.400. The SMILES string of the molecule is Cc1ccc([N+](=O)[O-])c(NCCNS(C)(=O)=O)c1. The summed E-state index contributed by atoms with van der Waals surface area (Å²) in [6, 6.07) is 4.72. The molecule has 0 saturated heterocycles. The maximum Gasteiger partial charge on any atom is 0.292 e. The van der Waals surface area contributed by atoms with Crippen LogP contribution in [-0.4, -0.2) is 32.7 Å². The molecule has 0 bridgehead atoms. The van der Waals surface area contributed by atoms with E-state index in [1.54, 1.807) is 12.1 Å². The van der Waals surface area contributed by atoms with Gasteiger partial charge >= 0.3 is 0 Å². The van der Waals surface area contributed by atoms with Gasteiger partial charge in [0.05, 0.1) is 11.2 Å². The molecule has 1 rings (SSSR count). The number of benzene rings is 1. The second-order valence-electron chi connectivity index (χ2n) is 3.87. The molecule has 0 amide bonds. The molecule has 8 heteroatoms. The van der Waals surface area contributed by atoms with Crippen molar-refractivity contribution in [3.8, 4) is 0 Å². The van der Waals surface area contributed by atoms with E-state index in [-0.39, 0.29) is 18.8 Å². The third-order valence-electron chi connectivity index (χ3n) is 2.15. The minimum absolute atomic E-state index is 0.0278. The van der Waals surface area contributed by atoms with Gasteiger partial charge in [0, 0.05) is 19.2 Å². The van der Waals surface area contributed by atoms with Crippen molar-refractivity contribution in [2.75, 3.05) is 24.7 Å². The normalized spacial score (nSPS) is 11.2. The van der Waals surface area contributed by atoms with Gasteiger partial charge in [-0.05, 0) is 18.6 Å². The lowest BCUT2D eigenvalue weighted by atomic mass is 10.2. The second-order valence-corrected chi connectivity index (χ2v) is 5.70. The Kier molecular flexibility index (Phi) is 4.62. The molecule has 0 heterocycles. The zero-order valence-electron chi connectivity index (χ0n) is 10.1. The first-order chi connectivity index (χ1) is 8.29. The summed E-state index contributed by atoms with van der Waals surface area (Å²) in [5.41, 5.74) is 1.24. The van der Waals surface area contributed by atoms with E-state index in [0.29, 0.717) is 5.69 Å². The van der Waals surface area contributed by atoms with Crippen LogP contribution in [0.2, 0.25) is 0 Å². The molecule has 0 radical (unpaired) electrons. The van der Waals surface area contributed by atoms with Crippen molar-refractivity contribution in [1.82, 2.24) is 4.72 Å². The lowest BCUT2D eigenvalue weighted by Crippen LogP contribution is -2.27. The van der Waals surface area contributed by atoms with Gasteiger partial charge in [-0.15, -0.1) is 0 Å². The van der Waals surface area contributed by atoms with E-state index in [0.717, 1.165) is 11.8 Å². The van der Waals surface area contributed by atoms with Gasteiger partial charge in [0.15, 0.2) is 0 Å². The molecule has 0 aliphatic heterocycles. The van der Waals surface area contributed by atoms with Gasteiger partial charge in [-0.3, -0.25) is 10.1 Å². The lowest BCUT2D eigenvalue weighted by Gasteiger charge is -2.08. The van der Waals surface area contributed by atoms with Gasteiger partial charge < -0.3 is 5.32 Å². The molecule has 1 aromatic carbocycles. The minimum atomic E-state index is -3.24. The maximum atomic E-state index is 10.8. The molecule has 100 valence electrons. The van der Waals surface area contributed by atoms with Gasteiger partial charge in [-0.25, -0.2) is 13.1 Å². The summed E-state index contributed by atoms with van der Waals surface area (Å²) >= 11 is 0.